The van der Waals surface area contributed by atoms with Crippen molar-refractivity contribution in [2.45, 2.75) is 39.0 Å². The first-order valence-corrected chi connectivity index (χ1v) is 8.59. The molecule has 1 heterocycles. The fourth-order valence-electron chi connectivity index (χ4n) is 3.20. The zero-order valence-corrected chi connectivity index (χ0v) is 13.7. The number of nitrogens with one attached hydrogen (secondary N) is 1. The van der Waals surface area contributed by atoms with Crippen molar-refractivity contribution in [3.8, 4) is 0 Å². The standard InChI is InChI=1S/C20H26N2O/c23-16-19-7-3-2-6-18(19)15-21-14-17-8-10-20(11-9-17)22-12-4-1-5-13-22/h2-3,6-11,21,23H,1,4-5,12-16H2. The number of benzene rings is 2. The topological polar surface area (TPSA) is 35.5 Å². The number of anilines is 1. The summed E-state index contributed by atoms with van der Waals surface area (Å²) in [6.45, 7) is 4.11. The molecule has 0 aromatic heterocycles. The quantitative estimate of drug-likeness (QED) is 0.858. The van der Waals surface area contributed by atoms with Gasteiger partial charge in [0.25, 0.3) is 0 Å². The highest BCUT2D eigenvalue weighted by atomic mass is 16.3. The highest BCUT2D eigenvalue weighted by molar-refractivity contribution is 5.47. The first kappa shape index (κ1) is 16.0. The number of hydrogen-bond acceptors (Lipinski definition) is 3. The third kappa shape index (κ3) is 4.34. The molecule has 1 aliphatic rings. The van der Waals surface area contributed by atoms with Gasteiger partial charge in [-0.05, 0) is 48.1 Å². The molecule has 0 atom stereocenters. The van der Waals surface area contributed by atoms with Crippen LogP contribution < -0.4 is 10.2 Å². The Hall–Kier alpha value is -1.84. The Morgan fingerprint density at radius 3 is 2.22 bits per heavy atom. The molecule has 0 bridgehead atoms. The van der Waals surface area contributed by atoms with Crippen LogP contribution in [0.15, 0.2) is 48.5 Å². The van der Waals surface area contributed by atoms with E-state index in [2.05, 4.69) is 40.5 Å². The van der Waals surface area contributed by atoms with Crippen molar-refractivity contribution in [3.05, 3.63) is 65.2 Å². The van der Waals surface area contributed by atoms with Gasteiger partial charge in [-0.25, -0.2) is 0 Å². The van der Waals surface area contributed by atoms with Crippen LogP contribution in [-0.4, -0.2) is 18.2 Å². The van der Waals surface area contributed by atoms with Crippen LogP contribution in [0.3, 0.4) is 0 Å². The SMILES string of the molecule is OCc1ccccc1CNCc1ccc(N2CCCCC2)cc1. The summed E-state index contributed by atoms with van der Waals surface area (Å²) in [6.07, 6.45) is 4.00. The maximum absolute atomic E-state index is 9.36. The Morgan fingerprint density at radius 1 is 0.826 bits per heavy atom. The van der Waals surface area contributed by atoms with Gasteiger partial charge in [-0.2, -0.15) is 0 Å². The molecule has 1 saturated heterocycles. The smallest absolute Gasteiger partial charge is 0.0685 e. The normalized spacial score (nSPS) is 14.9. The van der Waals surface area contributed by atoms with Crippen molar-refractivity contribution in [1.29, 1.82) is 0 Å². The van der Waals surface area contributed by atoms with Gasteiger partial charge in [0.05, 0.1) is 6.61 Å². The Morgan fingerprint density at radius 2 is 1.52 bits per heavy atom. The first-order chi connectivity index (χ1) is 11.4. The summed E-state index contributed by atoms with van der Waals surface area (Å²) in [6, 6.07) is 16.9. The lowest BCUT2D eigenvalue weighted by molar-refractivity contribution is 0.280. The second-order valence-corrected chi connectivity index (χ2v) is 6.24. The van der Waals surface area contributed by atoms with Crippen LogP contribution in [0.4, 0.5) is 5.69 Å². The lowest BCUT2D eigenvalue weighted by Gasteiger charge is -2.28. The monoisotopic (exact) mass is 310 g/mol. The van der Waals surface area contributed by atoms with Crippen LogP contribution in [0, 0.1) is 0 Å². The second kappa shape index (κ2) is 8.14. The summed E-state index contributed by atoms with van der Waals surface area (Å²) in [4.78, 5) is 2.48. The van der Waals surface area contributed by atoms with Crippen molar-refractivity contribution in [3.63, 3.8) is 0 Å². The van der Waals surface area contributed by atoms with E-state index in [1.54, 1.807) is 0 Å². The van der Waals surface area contributed by atoms with Crippen LogP contribution in [-0.2, 0) is 19.7 Å². The van der Waals surface area contributed by atoms with Gasteiger partial charge in [-0.1, -0.05) is 36.4 Å². The maximum Gasteiger partial charge on any atom is 0.0685 e. The molecule has 23 heavy (non-hydrogen) atoms. The van der Waals surface area contributed by atoms with E-state index in [1.165, 1.54) is 49.2 Å². The lowest BCUT2D eigenvalue weighted by Crippen LogP contribution is -2.29. The number of aliphatic hydroxyl groups excluding tert-OH is 1. The number of nitrogens with zero attached hydrogens (tertiary/aromatic N) is 1. The molecule has 2 aromatic rings. The van der Waals surface area contributed by atoms with Crippen molar-refractivity contribution in [1.82, 2.24) is 5.32 Å². The van der Waals surface area contributed by atoms with E-state index in [0.29, 0.717) is 0 Å². The molecule has 0 amide bonds. The lowest BCUT2D eigenvalue weighted by atomic mass is 10.1. The number of hydrogen-bond donors (Lipinski definition) is 2. The molecule has 2 aromatic carbocycles. The molecular weight excluding hydrogens is 284 g/mol. The van der Waals surface area contributed by atoms with Crippen LogP contribution in [0.25, 0.3) is 0 Å². The zero-order chi connectivity index (χ0) is 15.9. The third-order valence-electron chi connectivity index (χ3n) is 4.59. The van der Waals surface area contributed by atoms with E-state index >= 15 is 0 Å². The number of aliphatic hydroxyl groups is 1. The molecule has 1 fully saturated rings. The van der Waals surface area contributed by atoms with E-state index in [9.17, 15) is 5.11 Å². The summed E-state index contributed by atoms with van der Waals surface area (Å²) in [5.41, 5.74) is 4.81. The van der Waals surface area contributed by atoms with Gasteiger partial charge in [0, 0.05) is 31.9 Å². The highest BCUT2D eigenvalue weighted by Gasteiger charge is 2.10. The minimum Gasteiger partial charge on any atom is -0.392 e. The summed E-state index contributed by atoms with van der Waals surface area (Å²) >= 11 is 0. The van der Waals surface area contributed by atoms with E-state index in [1.807, 2.05) is 18.2 Å². The fraction of sp³-hybridized carbons (Fsp3) is 0.400. The minimum absolute atomic E-state index is 0.0996. The van der Waals surface area contributed by atoms with Gasteiger partial charge >= 0.3 is 0 Å². The fourth-order valence-corrected chi connectivity index (χ4v) is 3.20. The number of piperidine rings is 1. The summed E-state index contributed by atoms with van der Waals surface area (Å²) in [7, 11) is 0. The van der Waals surface area contributed by atoms with Gasteiger partial charge in [0.2, 0.25) is 0 Å². The van der Waals surface area contributed by atoms with E-state index < -0.39 is 0 Å². The summed E-state index contributed by atoms with van der Waals surface area (Å²) in [5.74, 6) is 0. The van der Waals surface area contributed by atoms with Crippen molar-refractivity contribution >= 4 is 5.69 Å². The molecule has 0 aliphatic carbocycles. The largest absolute Gasteiger partial charge is 0.392 e. The van der Waals surface area contributed by atoms with Crippen molar-refractivity contribution in [2.24, 2.45) is 0 Å². The summed E-state index contributed by atoms with van der Waals surface area (Å²) < 4.78 is 0. The van der Waals surface area contributed by atoms with Crippen molar-refractivity contribution < 1.29 is 5.11 Å². The Balaban J connectivity index is 1.52. The first-order valence-electron chi connectivity index (χ1n) is 8.59. The molecule has 0 radical (unpaired) electrons. The summed E-state index contributed by atoms with van der Waals surface area (Å²) in [5, 5.41) is 12.8. The Bertz CT molecular complexity index is 603. The molecule has 0 spiro atoms. The van der Waals surface area contributed by atoms with Gasteiger partial charge in [-0.15, -0.1) is 0 Å². The highest BCUT2D eigenvalue weighted by Crippen LogP contribution is 2.20. The molecule has 3 heteroatoms. The van der Waals surface area contributed by atoms with Crippen LogP contribution in [0.2, 0.25) is 0 Å². The van der Waals surface area contributed by atoms with Gasteiger partial charge in [0.15, 0.2) is 0 Å². The molecule has 3 nitrogen and oxygen atoms in total. The molecule has 122 valence electrons. The molecule has 2 N–H and O–H groups in total. The van der Waals surface area contributed by atoms with E-state index in [4.69, 9.17) is 0 Å². The van der Waals surface area contributed by atoms with E-state index in [0.717, 1.165) is 18.7 Å². The third-order valence-corrected chi connectivity index (χ3v) is 4.59. The molecule has 0 unspecified atom stereocenters. The van der Waals surface area contributed by atoms with Crippen LogP contribution in [0.1, 0.15) is 36.0 Å². The van der Waals surface area contributed by atoms with Crippen molar-refractivity contribution in [2.75, 3.05) is 18.0 Å². The Labute approximate surface area is 139 Å². The molecule has 1 aliphatic heterocycles. The average molecular weight is 310 g/mol. The zero-order valence-electron chi connectivity index (χ0n) is 13.7. The van der Waals surface area contributed by atoms with Gasteiger partial charge in [-0.3, -0.25) is 0 Å². The number of rotatable bonds is 6. The van der Waals surface area contributed by atoms with Crippen LogP contribution >= 0.6 is 0 Å². The average Bonchev–Trinajstić information content (AvgIpc) is 2.63. The predicted octanol–water partition coefficient (Wildman–Crippen LogP) is 3.46. The van der Waals surface area contributed by atoms with Gasteiger partial charge < -0.3 is 15.3 Å². The van der Waals surface area contributed by atoms with E-state index in [-0.39, 0.29) is 6.61 Å². The second-order valence-electron chi connectivity index (χ2n) is 6.24. The Kier molecular flexibility index (Phi) is 5.67. The predicted molar refractivity (Wildman–Crippen MR) is 95.4 cm³/mol. The molecule has 3 rings (SSSR count). The molecule has 0 saturated carbocycles. The molecular formula is C20H26N2O. The minimum atomic E-state index is 0.0996. The van der Waals surface area contributed by atoms with Crippen LogP contribution in [0.5, 0.6) is 0 Å². The van der Waals surface area contributed by atoms with Gasteiger partial charge in [0.1, 0.15) is 0 Å². The maximum atomic E-state index is 9.36.